The number of fused-ring (bicyclic) bond motifs is 1. The monoisotopic (exact) mass is 253 g/mol. The normalized spacial score (nSPS) is 18.7. The van der Waals surface area contributed by atoms with E-state index in [9.17, 15) is 9.59 Å². The van der Waals surface area contributed by atoms with Crippen molar-refractivity contribution in [1.29, 1.82) is 0 Å². The predicted octanol–water partition coefficient (Wildman–Crippen LogP) is 1.70. The minimum absolute atomic E-state index is 0.233. The standard InChI is InChI=1S/C12H12ClNO3/c1-7(15)14-6-8-3-2-4-10(13)9(8)5-11(14)12(16)17/h2-4,11H,5-6H2,1H3,(H,16,17)/t11-/m1/s1. The smallest absolute Gasteiger partial charge is 0.326 e. The van der Waals surface area contributed by atoms with E-state index < -0.39 is 12.0 Å². The van der Waals surface area contributed by atoms with Crippen LogP contribution in [0.15, 0.2) is 18.2 Å². The number of carboxylic acids is 1. The fourth-order valence-corrected chi connectivity index (χ4v) is 2.40. The molecule has 0 fully saturated rings. The van der Waals surface area contributed by atoms with Crippen LogP contribution in [-0.2, 0) is 22.6 Å². The summed E-state index contributed by atoms with van der Waals surface area (Å²) in [5.74, 6) is -1.23. The molecule has 90 valence electrons. The van der Waals surface area contributed by atoms with Crippen molar-refractivity contribution in [2.75, 3.05) is 0 Å². The molecule has 1 atom stereocenters. The Hall–Kier alpha value is -1.55. The average Bonchev–Trinajstić information content (AvgIpc) is 2.27. The summed E-state index contributed by atoms with van der Waals surface area (Å²) in [7, 11) is 0. The van der Waals surface area contributed by atoms with Crippen LogP contribution in [0.1, 0.15) is 18.1 Å². The zero-order valence-corrected chi connectivity index (χ0v) is 10.1. The molecule has 0 spiro atoms. The first kappa shape index (κ1) is 11.9. The van der Waals surface area contributed by atoms with Crippen LogP contribution in [-0.4, -0.2) is 27.9 Å². The molecule has 1 aliphatic rings. The van der Waals surface area contributed by atoms with Crippen molar-refractivity contribution in [3.63, 3.8) is 0 Å². The average molecular weight is 254 g/mol. The third-order valence-electron chi connectivity index (χ3n) is 3.02. The lowest BCUT2D eigenvalue weighted by Gasteiger charge is -2.34. The van der Waals surface area contributed by atoms with Crippen molar-refractivity contribution in [2.24, 2.45) is 0 Å². The molecule has 0 aliphatic carbocycles. The van der Waals surface area contributed by atoms with Crippen LogP contribution in [0.4, 0.5) is 0 Å². The molecule has 0 radical (unpaired) electrons. The van der Waals surface area contributed by atoms with Crippen LogP contribution in [0.25, 0.3) is 0 Å². The Morgan fingerprint density at radius 2 is 2.18 bits per heavy atom. The molecule has 5 heteroatoms. The maximum absolute atomic E-state index is 11.4. The molecule has 0 aromatic heterocycles. The van der Waals surface area contributed by atoms with Crippen LogP contribution < -0.4 is 0 Å². The second-order valence-corrected chi connectivity index (χ2v) is 4.49. The maximum atomic E-state index is 11.4. The zero-order chi connectivity index (χ0) is 12.6. The van der Waals surface area contributed by atoms with Crippen LogP contribution in [0.2, 0.25) is 5.02 Å². The maximum Gasteiger partial charge on any atom is 0.326 e. The third-order valence-corrected chi connectivity index (χ3v) is 3.37. The largest absolute Gasteiger partial charge is 0.480 e. The Bertz CT molecular complexity index is 487. The number of nitrogens with zero attached hydrogens (tertiary/aromatic N) is 1. The van der Waals surface area contributed by atoms with Gasteiger partial charge in [-0.3, -0.25) is 4.79 Å². The Morgan fingerprint density at radius 3 is 2.76 bits per heavy atom. The Morgan fingerprint density at radius 1 is 1.47 bits per heavy atom. The summed E-state index contributed by atoms with van der Waals surface area (Å²) in [5.41, 5.74) is 1.75. The molecule has 1 N–H and O–H groups in total. The summed E-state index contributed by atoms with van der Waals surface area (Å²) < 4.78 is 0. The summed E-state index contributed by atoms with van der Waals surface area (Å²) in [4.78, 5) is 24.0. The molecule has 0 saturated carbocycles. The van der Waals surface area contributed by atoms with Crippen molar-refractivity contribution in [1.82, 2.24) is 4.90 Å². The van der Waals surface area contributed by atoms with Gasteiger partial charge in [-0.15, -0.1) is 0 Å². The molecule has 1 aromatic rings. The van der Waals surface area contributed by atoms with Gasteiger partial charge in [-0.05, 0) is 17.2 Å². The van der Waals surface area contributed by atoms with E-state index in [-0.39, 0.29) is 12.3 Å². The van der Waals surface area contributed by atoms with E-state index in [0.717, 1.165) is 11.1 Å². The molecular weight excluding hydrogens is 242 g/mol. The number of carbonyl (C=O) groups is 2. The van der Waals surface area contributed by atoms with Crippen LogP contribution in [0, 0.1) is 0 Å². The van der Waals surface area contributed by atoms with Gasteiger partial charge < -0.3 is 10.0 Å². The number of benzene rings is 1. The quantitative estimate of drug-likeness (QED) is 0.829. The number of carboxylic acid groups (broad SMARTS) is 1. The van der Waals surface area contributed by atoms with E-state index in [4.69, 9.17) is 16.7 Å². The molecule has 1 aliphatic heterocycles. The first-order chi connectivity index (χ1) is 8.00. The number of aliphatic carboxylic acids is 1. The number of halogens is 1. The van der Waals surface area contributed by atoms with E-state index in [0.29, 0.717) is 11.6 Å². The third kappa shape index (κ3) is 2.13. The van der Waals surface area contributed by atoms with Gasteiger partial charge in [0, 0.05) is 24.9 Å². The van der Waals surface area contributed by atoms with E-state index in [1.165, 1.54) is 11.8 Å². The van der Waals surface area contributed by atoms with Crippen molar-refractivity contribution in [3.8, 4) is 0 Å². The molecule has 0 saturated heterocycles. The van der Waals surface area contributed by atoms with E-state index in [1.807, 2.05) is 6.07 Å². The van der Waals surface area contributed by atoms with Crippen LogP contribution in [0.3, 0.4) is 0 Å². The Balaban J connectivity index is 2.43. The molecule has 0 bridgehead atoms. The van der Waals surface area contributed by atoms with Gasteiger partial charge in [-0.1, -0.05) is 23.7 Å². The molecule has 4 nitrogen and oxygen atoms in total. The highest BCUT2D eigenvalue weighted by Gasteiger charge is 2.33. The highest BCUT2D eigenvalue weighted by atomic mass is 35.5. The van der Waals surface area contributed by atoms with E-state index in [1.54, 1.807) is 12.1 Å². The molecule has 1 aromatic carbocycles. The Labute approximate surface area is 104 Å². The van der Waals surface area contributed by atoms with Gasteiger partial charge in [0.05, 0.1) is 0 Å². The van der Waals surface area contributed by atoms with E-state index in [2.05, 4.69) is 0 Å². The molecule has 1 heterocycles. The molecular formula is C12H12ClNO3. The van der Waals surface area contributed by atoms with Gasteiger partial charge in [0.15, 0.2) is 0 Å². The van der Waals surface area contributed by atoms with Gasteiger partial charge in [-0.2, -0.15) is 0 Å². The number of rotatable bonds is 1. The summed E-state index contributed by atoms with van der Waals surface area (Å²) in [5, 5.41) is 9.70. The summed E-state index contributed by atoms with van der Waals surface area (Å²) >= 11 is 6.04. The SMILES string of the molecule is CC(=O)N1Cc2cccc(Cl)c2C[C@@H]1C(=O)O. The minimum atomic E-state index is -0.995. The first-order valence-corrected chi connectivity index (χ1v) is 5.64. The molecule has 17 heavy (non-hydrogen) atoms. The fraction of sp³-hybridized carbons (Fsp3) is 0.333. The minimum Gasteiger partial charge on any atom is -0.480 e. The van der Waals surface area contributed by atoms with Gasteiger partial charge in [0.1, 0.15) is 6.04 Å². The topological polar surface area (TPSA) is 57.6 Å². The summed E-state index contributed by atoms with van der Waals surface area (Å²) in [6.07, 6.45) is 0.268. The lowest BCUT2D eigenvalue weighted by Crippen LogP contribution is -2.47. The predicted molar refractivity (Wildman–Crippen MR) is 62.8 cm³/mol. The number of amides is 1. The second-order valence-electron chi connectivity index (χ2n) is 4.08. The highest BCUT2D eigenvalue weighted by molar-refractivity contribution is 6.31. The van der Waals surface area contributed by atoms with Gasteiger partial charge in [0.25, 0.3) is 0 Å². The zero-order valence-electron chi connectivity index (χ0n) is 9.31. The fourth-order valence-electron chi connectivity index (χ4n) is 2.13. The number of hydrogen-bond donors (Lipinski definition) is 1. The van der Waals surface area contributed by atoms with Crippen molar-refractivity contribution in [3.05, 3.63) is 34.3 Å². The molecule has 2 rings (SSSR count). The van der Waals surface area contributed by atoms with Gasteiger partial charge in [-0.25, -0.2) is 4.79 Å². The van der Waals surface area contributed by atoms with Crippen LogP contribution >= 0.6 is 11.6 Å². The van der Waals surface area contributed by atoms with Gasteiger partial charge >= 0.3 is 5.97 Å². The second kappa shape index (κ2) is 4.37. The highest BCUT2D eigenvalue weighted by Crippen LogP contribution is 2.29. The molecule has 1 amide bonds. The van der Waals surface area contributed by atoms with Crippen molar-refractivity contribution in [2.45, 2.75) is 25.9 Å². The number of carbonyl (C=O) groups excluding carboxylic acids is 1. The number of hydrogen-bond acceptors (Lipinski definition) is 2. The Kier molecular flexibility index (Phi) is 3.07. The van der Waals surface area contributed by atoms with Crippen molar-refractivity contribution >= 4 is 23.5 Å². The molecule has 0 unspecified atom stereocenters. The van der Waals surface area contributed by atoms with Crippen molar-refractivity contribution < 1.29 is 14.7 Å². The van der Waals surface area contributed by atoms with Gasteiger partial charge in [0.2, 0.25) is 5.91 Å². The van der Waals surface area contributed by atoms with Crippen LogP contribution in [0.5, 0.6) is 0 Å². The van der Waals surface area contributed by atoms with E-state index >= 15 is 0 Å². The summed E-state index contributed by atoms with van der Waals surface area (Å²) in [6, 6.07) is 4.60. The first-order valence-electron chi connectivity index (χ1n) is 5.27. The lowest BCUT2D eigenvalue weighted by atomic mass is 9.94. The summed E-state index contributed by atoms with van der Waals surface area (Å²) in [6.45, 7) is 1.69. The lowest BCUT2D eigenvalue weighted by molar-refractivity contribution is -0.150.